The second-order valence-corrected chi connectivity index (χ2v) is 7.04. The Labute approximate surface area is 170 Å². The average molecular weight is 413 g/mol. The Bertz CT molecular complexity index is 1010. The highest BCUT2D eigenvalue weighted by molar-refractivity contribution is 7.17. The standard InChI is InChI=1S/C20H19N3O5S/c1-3-13-6-8-14(9-7-13)19-21-12(2)17(29-19)20(26)28-11-16(24)22-23-18(25)15-5-4-10-27-15/h4-10H,3,11H2,1-2H3,(H,22,24)(H,23,25). The number of aryl methyl sites for hydroxylation is 2. The Balaban J connectivity index is 1.54. The molecule has 2 N–H and O–H groups in total. The number of thiazole rings is 1. The molecule has 2 heterocycles. The van der Waals surface area contributed by atoms with Gasteiger partial charge in [-0.2, -0.15) is 0 Å². The number of ether oxygens (including phenoxy) is 1. The molecule has 150 valence electrons. The summed E-state index contributed by atoms with van der Waals surface area (Å²) in [5.74, 6) is -1.91. The minimum absolute atomic E-state index is 0.0436. The molecule has 2 amide bonds. The second-order valence-electron chi connectivity index (χ2n) is 6.04. The van der Waals surface area contributed by atoms with Crippen LogP contribution < -0.4 is 10.9 Å². The van der Waals surface area contributed by atoms with Crippen LogP contribution in [-0.2, 0) is 16.0 Å². The topological polar surface area (TPSA) is 111 Å². The van der Waals surface area contributed by atoms with E-state index in [1.54, 1.807) is 13.0 Å². The first-order valence-electron chi connectivity index (χ1n) is 8.84. The molecule has 8 nitrogen and oxygen atoms in total. The van der Waals surface area contributed by atoms with Crippen LogP contribution in [0.1, 0.15) is 38.4 Å². The van der Waals surface area contributed by atoms with E-state index in [0.717, 1.165) is 12.0 Å². The molecule has 0 aliphatic carbocycles. The van der Waals surface area contributed by atoms with Gasteiger partial charge in [0.1, 0.15) is 9.88 Å². The van der Waals surface area contributed by atoms with Crippen LogP contribution in [0, 0.1) is 6.92 Å². The number of aromatic nitrogens is 1. The van der Waals surface area contributed by atoms with Crippen LogP contribution in [0.5, 0.6) is 0 Å². The van der Waals surface area contributed by atoms with Crippen molar-refractivity contribution in [1.29, 1.82) is 0 Å². The summed E-state index contributed by atoms with van der Waals surface area (Å²) in [6.07, 6.45) is 2.28. The Morgan fingerprint density at radius 3 is 2.55 bits per heavy atom. The lowest BCUT2D eigenvalue weighted by atomic mass is 10.1. The molecular weight excluding hydrogens is 394 g/mol. The summed E-state index contributed by atoms with van der Waals surface area (Å²) >= 11 is 1.20. The third kappa shape index (κ3) is 5.08. The highest BCUT2D eigenvalue weighted by atomic mass is 32.1. The zero-order valence-corrected chi connectivity index (χ0v) is 16.7. The van der Waals surface area contributed by atoms with Crippen molar-refractivity contribution in [3.63, 3.8) is 0 Å². The molecule has 3 aromatic rings. The lowest BCUT2D eigenvalue weighted by Crippen LogP contribution is -2.43. The predicted octanol–water partition coefficient (Wildman–Crippen LogP) is 2.89. The zero-order chi connectivity index (χ0) is 20.8. The molecule has 0 spiro atoms. The monoisotopic (exact) mass is 413 g/mol. The maximum absolute atomic E-state index is 12.3. The lowest BCUT2D eigenvalue weighted by Gasteiger charge is -2.06. The number of nitrogens with one attached hydrogen (secondary N) is 2. The highest BCUT2D eigenvalue weighted by Crippen LogP contribution is 2.28. The molecule has 1 aromatic carbocycles. The van der Waals surface area contributed by atoms with E-state index in [-0.39, 0.29) is 5.76 Å². The minimum atomic E-state index is -0.684. The molecular formula is C20H19N3O5S. The van der Waals surface area contributed by atoms with Crippen LogP contribution >= 0.6 is 11.3 Å². The van der Waals surface area contributed by atoms with Gasteiger partial charge in [-0.05, 0) is 31.0 Å². The van der Waals surface area contributed by atoms with E-state index in [4.69, 9.17) is 9.15 Å². The normalized spacial score (nSPS) is 10.4. The van der Waals surface area contributed by atoms with Crippen molar-refractivity contribution in [1.82, 2.24) is 15.8 Å². The number of amides is 2. The third-order valence-electron chi connectivity index (χ3n) is 3.99. The van der Waals surface area contributed by atoms with Crippen LogP contribution in [-0.4, -0.2) is 29.4 Å². The highest BCUT2D eigenvalue weighted by Gasteiger charge is 2.19. The smallest absolute Gasteiger partial charge is 0.350 e. The van der Waals surface area contributed by atoms with Gasteiger partial charge in [0.25, 0.3) is 5.91 Å². The van der Waals surface area contributed by atoms with E-state index >= 15 is 0 Å². The van der Waals surface area contributed by atoms with E-state index in [0.29, 0.717) is 15.6 Å². The molecule has 0 radical (unpaired) electrons. The maximum atomic E-state index is 12.3. The van der Waals surface area contributed by atoms with Crippen molar-refractivity contribution >= 4 is 29.1 Å². The molecule has 0 atom stereocenters. The zero-order valence-electron chi connectivity index (χ0n) is 15.9. The van der Waals surface area contributed by atoms with Crippen LogP contribution in [0.3, 0.4) is 0 Å². The summed E-state index contributed by atoms with van der Waals surface area (Å²) in [5.41, 5.74) is 6.96. The summed E-state index contributed by atoms with van der Waals surface area (Å²) in [6.45, 7) is 3.24. The van der Waals surface area contributed by atoms with Gasteiger partial charge in [-0.3, -0.25) is 20.4 Å². The van der Waals surface area contributed by atoms with E-state index < -0.39 is 24.4 Å². The van der Waals surface area contributed by atoms with Gasteiger partial charge >= 0.3 is 11.9 Å². The van der Waals surface area contributed by atoms with Gasteiger partial charge in [-0.1, -0.05) is 31.2 Å². The quantitative estimate of drug-likeness (QED) is 0.475. The van der Waals surface area contributed by atoms with E-state index in [1.807, 2.05) is 24.3 Å². The van der Waals surface area contributed by atoms with Gasteiger partial charge in [0, 0.05) is 5.56 Å². The van der Waals surface area contributed by atoms with Crippen molar-refractivity contribution in [3.05, 3.63) is 64.6 Å². The fraction of sp³-hybridized carbons (Fsp3) is 0.200. The van der Waals surface area contributed by atoms with Gasteiger partial charge in [0.05, 0.1) is 12.0 Å². The first-order valence-corrected chi connectivity index (χ1v) is 9.66. The van der Waals surface area contributed by atoms with E-state index in [1.165, 1.54) is 29.2 Å². The molecule has 0 fully saturated rings. The van der Waals surface area contributed by atoms with Crippen molar-refractivity contribution in [2.75, 3.05) is 6.61 Å². The number of esters is 1. The molecule has 0 unspecified atom stereocenters. The lowest BCUT2D eigenvalue weighted by molar-refractivity contribution is -0.125. The fourth-order valence-corrected chi connectivity index (χ4v) is 3.39. The largest absolute Gasteiger partial charge is 0.459 e. The summed E-state index contributed by atoms with van der Waals surface area (Å²) in [7, 11) is 0. The Morgan fingerprint density at radius 2 is 1.90 bits per heavy atom. The van der Waals surface area contributed by atoms with Crippen molar-refractivity contribution in [3.8, 4) is 10.6 Å². The molecule has 0 saturated carbocycles. The average Bonchev–Trinajstić information content (AvgIpc) is 3.40. The molecule has 0 aliphatic heterocycles. The molecule has 0 aliphatic rings. The number of hydrogen-bond acceptors (Lipinski definition) is 7. The first-order chi connectivity index (χ1) is 14.0. The van der Waals surface area contributed by atoms with Crippen LogP contribution in [0.4, 0.5) is 0 Å². The van der Waals surface area contributed by atoms with E-state index in [2.05, 4.69) is 22.8 Å². The summed E-state index contributed by atoms with van der Waals surface area (Å²) in [5, 5.41) is 0.701. The number of hydrazine groups is 1. The Kier molecular flexibility index (Phi) is 6.40. The Morgan fingerprint density at radius 1 is 1.14 bits per heavy atom. The second kappa shape index (κ2) is 9.16. The van der Waals surface area contributed by atoms with Crippen LogP contribution in [0.25, 0.3) is 10.6 Å². The number of furan rings is 1. The van der Waals surface area contributed by atoms with Crippen molar-refractivity contribution in [2.24, 2.45) is 0 Å². The van der Waals surface area contributed by atoms with Gasteiger partial charge < -0.3 is 9.15 Å². The number of carbonyl (C=O) groups excluding carboxylic acids is 3. The fourth-order valence-electron chi connectivity index (χ4n) is 2.42. The number of nitrogens with zero attached hydrogens (tertiary/aromatic N) is 1. The number of hydrogen-bond donors (Lipinski definition) is 2. The predicted molar refractivity (Wildman–Crippen MR) is 106 cm³/mol. The number of benzene rings is 1. The van der Waals surface area contributed by atoms with Crippen molar-refractivity contribution < 1.29 is 23.5 Å². The summed E-state index contributed by atoms with van der Waals surface area (Å²) in [4.78, 5) is 40.5. The first kappa shape index (κ1) is 20.3. The molecule has 3 rings (SSSR count). The molecule has 2 aromatic heterocycles. The number of carbonyl (C=O) groups is 3. The molecule has 29 heavy (non-hydrogen) atoms. The van der Waals surface area contributed by atoms with Gasteiger partial charge in [-0.15, -0.1) is 11.3 Å². The molecule has 0 saturated heterocycles. The van der Waals surface area contributed by atoms with Gasteiger partial charge in [0.15, 0.2) is 12.4 Å². The van der Waals surface area contributed by atoms with Crippen LogP contribution in [0.15, 0.2) is 47.1 Å². The van der Waals surface area contributed by atoms with Gasteiger partial charge in [0.2, 0.25) is 0 Å². The third-order valence-corrected chi connectivity index (χ3v) is 5.17. The van der Waals surface area contributed by atoms with Crippen LogP contribution in [0.2, 0.25) is 0 Å². The molecule has 9 heteroatoms. The summed E-state index contributed by atoms with van der Waals surface area (Å²) < 4.78 is 9.92. The Hall–Kier alpha value is -3.46. The summed E-state index contributed by atoms with van der Waals surface area (Å²) in [6, 6.07) is 10.9. The maximum Gasteiger partial charge on any atom is 0.350 e. The number of rotatable bonds is 6. The van der Waals surface area contributed by atoms with Gasteiger partial charge in [-0.25, -0.2) is 9.78 Å². The van der Waals surface area contributed by atoms with E-state index in [9.17, 15) is 14.4 Å². The minimum Gasteiger partial charge on any atom is -0.459 e. The SMILES string of the molecule is CCc1ccc(-c2nc(C)c(C(=O)OCC(=O)NNC(=O)c3ccco3)s2)cc1. The molecule has 0 bridgehead atoms. The van der Waals surface area contributed by atoms with Crippen molar-refractivity contribution in [2.45, 2.75) is 20.3 Å².